The molecule has 25 nitrogen and oxygen atoms in total. The number of aliphatic hydroxyl groups is 2. The topological polar surface area (TPSA) is 347 Å². The van der Waals surface area contributed by atoms with Gasteiger partial charge in [0, 0.05) is 100 Å². The minimum Gasteiger partial charge on any atom is -0.507 e. The van der Waals surface area contributed by atoms with E-state index in [1.165, 1.54) is 32.4 Å². The van der Waals surface area contributed by atoms with Crippen molar-refractivity contribution in [3.63, 3.8) is 0 Å². The summed E-state index contributed by atoms with van der Waals surface area (Å²) >= 11 is 0. The Hall–Kier alpha value is -6.87. The number of benzene rings is 2. The Morgan fingerprint density at radius 2 is 1.45 bits per heavy atom. The lowest BCUT2D eigenvalue weighted by atomic mass is 9.72. The van der Waals surface area contributed by atoms with Crippen LogP contribution in [0, 0.1) is 0 Å². The SMILES string of the molecule is COc1cccc2c1C(=O)c1c(O)c3c(c(O)c1C2=O)C[C@@](O)(C(=O)NCCNC(=O)CNC(=O)CNC(=O)CNC(=O)CCN1C(=O)C=CC1=O)C[C@@H]3O[C@H]1CC(N2CCO[C@H](OC)C2)[C@H](O)[C@H](C)O1. The van der Waals surface area contributed by atoms with Crippen LogP contribution in [0.5, 0.6) is 17.2 Å². The average Bonchev–Trinajstić information content (AvgIpc) is 3.68. The number of rotatable bonds is 18. The number of phenolic OH excluding ortho intramolecular Hbond substituents is 2. The van der Waals surface area contributed by atoms with Crippen LogP contribution in [0.1, 0.15) is 75.3 Å². The number of hydrogen-bond acceptors (Lipinski definition) is 19. The zero-order valence-electron chi connectivity index (χ0n) is 38.9. The molecule has 2 aromatic rings. The zero-order valence-corrected chi connectivity index (χ0v) is 38.9. The van der Waals surface area contributed by atoms with Crippen LogP contribution in [-0.4, -0.2) is 193 Å². The second-order valence-corrected chi connectivity index (χ2v) is 17.4. The van der Waals surface area contributed by atoms with Crippen molar-refractivity contribution in [2.45, 2.75) is 75.1 Å². The van der Waals surface area contributed by atoms with Gasteiger partial charge in [-0.25, -0.2) is 0 Å². The molecule has 3 aliphatic heterocycles. The quantitative estimate of drug-likeness (QED) is 0.0342. The summed E-state index contributed by atoms with van der Waals surface area (Å²) in [6, 6.07) is 3.74. The van der Waals surface area contributed by atoms with Crippen LogP contribution in [0.25, 0.3) is 0 Å². The van der Waals surface area contributed by atoms with Gasteiger partial charge in [0.25, 0.3) is 17.7 Å². The molecule has 7 rings (SSSR count). The first kappa shape index (κ1) is 52.0. The third-order valence-electron chi connectivity index (χ3n) is 12.8. The molecule has 2 aliphatic carbocycles. The predicted octanol–water partition coefficient (Wildman–Crippen LogP) is -3.32. The number of ketones is 2. The second-order valence-electron chi connectivity index (χ2n) is 17.4. The van der Waals surface area contributed by atoms with E-state index in [-0.39, 0.29) is 60.5 Å². The van der Waals surface area contributed by atoms with Crippen molar-refractivity contribution < 1.29 is 87.3 Å². The number of methoxy groups -OCH3 is 2. The van der Waals surface area contributed by atoms with Gasteiger partial charge < -0.3 is 70.7 Å². The second kappa shape index (κ2) is 22.0. The molecule has 382 valence electrons. The number of nitrogens with zero attached hydrogens (tertiary/aromatic N) is 2. The number of hydrogen-bond donors (Lipinski definition) is 9. The van der Waals surface area contributed by atoms with Crippen molar-refractivity contribution in [1.82, 2.24) is 36.4 Å². The van der Waals surface area contributed by atoms with Crippen LogP contribution < -0.4 is 31.3 Å². The molecule has 3 heterocycles. The van der Waals surface area contributed by atoms with E-state index in [4.69, 9.17) is 23.7 Å². The van der Waals surface area contributed by atoms with Crippen molar-refractivity contribution in [1.29, 1.82) is 0 Å². The van der Waals surface area contributed by atoms with Crippen LogP contribution in [0.4, 0.5) is 0 Å². The van der Waals surface area contributed by atoms with E-state index in [0.717, 1.165) is 17.1 Å². The molecule has 25 heteroatoms. The van der Waals surface area contributed by atoms with E-state index in [1.54, 1.807) is 6.92 Å². The Kier molecular flexibility index (Phi) is 16.1. The Morgan fingerprint density at radius 3 is 2.11 bits per heavy atom. The average molecular weight is 994 g/mol. The lowest BCUT2D eigenvalue weighted by Crippen LogP contribution is -2.59. The van der Waals surface area contributed by atoms with Crippen molar-refractivity contribution in [3.05, 3.63) is 63.7 Å². The molecule has 2 fully saturated rings. The first-order valence-electron chi connectivity index (χ1n) is 22.7. The van der Waals surface area contributed by atoms with E-state index < -0.39 is 151 Å². The number of carbonyl (C=O) groups excluding carboxylic acids is 9. The fraction of sp³-hybridized carbons (Fsp3) is 0.500. The maximum Gasteiger partial charge on any atom is 0.253 e. The molecule has 0 bridgehead atoms. The Labute approximate surface area is 405 Å². The minimum absolute atomic E-state index is 0.0429. The molecule has 9 N–H and O–H groups in total. The monoisotopic (exact) mass is 993 g/mol. The van der Waals surface area contributed by atoms with E-state index in [1.807, 2.05) is 4.90 Å². The lowest BCUT2D eigenvalue weighted by Gasteiger charge is -2.47. The molecule has 7 amide bonds. The van der Waals surface area contributed by atoms with Gasteiger partial charge in [-0.2, -0.15) is 0 Å². The van der Waals surface area contributed by atoms with Crippen LogP contribution in [0.3, 0.4) is 0 Å². The summed E-state index contributed by atoms with van der Waals surface area (Å²) in [5.74, 6) is -8.03. The molecule has 5 aliphatic rings. The van der Waals surface area contributed by atoms with Gasteiger partial charge in [-0.05, 0) is 13.0 Å². The standard InChI is InChI=1S/C46H55N7O18/c1-22-40(60)25(52-13-14-69-35(21-52)68-3)15-34(70-22)71-27-17-46(66,16-24-37(27)44(64)39-38(42(24)62)41(61)23-5-4-6-26(67-2)36(23)43(39)63)45(65)48-11-10-47-29(55)18-50-31(57)20-51-30(56)19-49-28(54)9-12-53-32(58)7-8-33(53)59/h4-8,22,25,27,34-35,40,60,62,64,66H,9-21H2,1-3H3,(H,47,55)(H,48,65)(H,49,54)(H,50,57)(H,51,56)/t22-,25?,27-,34-,35-,40+,46-/m0/s1. The molecule has 1 unspecified atom stereocenters. The summed E-state index contributed by atoms with van der Waals surface area (Å²) in [7, 11) is 2.79. The molecule has 2 saturated heterocycles. The highest BCUT2D eigenvalue weighted by Crippen LogP contribution is 2.52. The lowest BCUT2D eigenvalue weighted by molar-refractivity contribution is -0.266. The number of aromatic hydroxyl groups is 2. The van der Waals surface area contributed by atoms with Gasteiger partial charge in [-0.1, -0.05) is 12.1 Å². The summed E-state index contributed by atoms with van der Waals surface area (Å²) in [6.45, 7) is 0.443. The number of nitrogens with one attached hydrogen (secondary N) is 5. The van der Waals surface area contributed by atoms with Gasteiger partial charge in [0.15, 0.2) is 18.4 Å². The van der Waals surface area contributed by atoms with E-state index >= 15 is 0 Å². The van der Waals surface area contributed by atoms with Crippen molar-refractivity contribution in [2.75, 3.05) is 73.2 Å². The molecule has 2 aromatic carbocycles. The third-order valence-corrected chi connectivity index (χ3v) is 12.8. The molecule has 0 saturated carbocycles. The highest BCUT2D eigenvalue weighted by atomic mass is 16.7. The summed E-state index contributed by atoms with van der Waals surface area (Å²) in [5, 5.41) is 59.2. The number of aliphatic hydroxyl groups excluding tert-OH is 1. The van der Waals surface area contributed by atoms with Gasteiger partial charge in [0.2, 0.25) is 29.4 Å². The molecule has 7 atom stereocenters. The number of fused-ring (bicyclic) bond motifs is 3. The molecule has 71 heavy (non-hydrogen) atoms. The number of ether oxygens (including phenoxy) is 5. The van der Waals surface area contributed by atoms with E-state index in [2.05, 4.69) is 26.6 Å². The number of amides is 7. The van der Waals surface area contributed by atoms with Crippen molar-refractivity contribution >= 4 is 52.9 Å². The van der Waals surface area contributed by atoms with Gasteiger partial charge in [-0.15, -0.1) is 0 Å². The van der Waals surface area contributed by atoms with Gasteiger partial charge in [0.05, 0.1) is 68.4 Å². The molecular weight excluding hydrogens is 939 g/mol. The van der Waals surface area contributed by atoms with Gasteiger partial charge in [0.1, 0.15) is 22.8 Å². The van der Waals surface area contributed by atoms with Crippen LogP contribution in [0.15, 0.2) is 30.4 Å². The highest BCUT2D eigenvalue weighted by Gasteiger charge is 2.51. The van der Waals surface area contributed by atoms with Crippen LogP contribution >= 0.6 is 0 Å². The summed E-state index contributed by atoms with van der Waals surface area (Å²) < 4.78 is 28.9. The molecule has 0 spiro atoms. The smallest absolute Gasteiger partial charge is 0.253 e. The maximum absolute atomic E-state index is 14.2. The summed E-state index contributed by atoms with van der Waals surface area (Å²) in [6.07, 6.45) is -4.31. The fourth-order valence-electron chi connectivity index (χ4n) is 9.17. The summed E-state index contributed by atoms with van der Waals surface area (Å²) in [4.78, 5) is 117. The molecule has 0 aromatic heterocycles. The highest BCUT2D eigenvalue weighted by molar-refractivity contribution is 6.31. The minimum atomic E-state index is -2.41. The Balaban J connectivity index is 0.980. The zero-order chi connectivity index (χ0) is 51.3. The fourth-order valence-corrected chi connectivity index (χ4v) is 9.17. The van der Waals surface area contributed by atoms with Crippen LogP contribution in [-0.2, 0) is 58.9 Å². The Bertz CT molecular complexity index is 2520. The maximum atomic E-state index is 14.2. The van der Waals surface area contributed by atoms with Crippen molar-refractivity contribution in [2.24, 2.45) is 0 Å². The van der Waals surface area contributed by atoms with Gasteiger partial charge in [-0.3, -0.25) is 53.0 Å². The van der Waals surface area contributed by atoms with Crippen molar-refractivity contribution in [3.8, 4) is 17.2 Å². The number of phenols is 2. The first-order chi connectivity index (χ1) is 33.8. The van der Waals surface area contributed by atoms with Gasteiger partial charge >= 0.3 is 0 Å². The molecular formula is C46H55N7O18. The normalized spacial score (nSPS) is 24.9. The molecule has 0 radical (unpaired) electrons. The number of carbonyl (C=O) groups is 9. The summed E-state index contributed by atoms with van der Waals surface area (Å²) in [5.41, 5.74) is -4.18. The van der Waals surface area contributed by atoms with Crippen LogP contribution in [0.2, 0.25) is 0 Å². The largest absolute Gasteiger partial charge is 0.507 e. The first-order valence-corrected chi connectivity index (χ1v) is 22.7. The third kappa shape index (κ3) is 11.2. The number of imide groups is 1. The Morgan fingerprint density at radius 1 is 0.817 bits per heavy atom. The van der Waals surface area contributed by atoms with E-state index in [0.29, 0.717) is 19.7 Å². The predicted molar refractivity (Wildman–Crippen MR) is 239 cm³/mol. The number of morpholine rings is 1. The van der Waals surface area contributed by atoms with E-state index in [9.17, 15) is 63.6 Å².